The van der Waals surface area contributed by atoms with Crippen LogP contribution in [0.3, 0.4) is 0 Å². The van der Waals surface area contributed by atoms with E-state index in [9.17, 15) is 0 Å². The van der Waals surface area contributed by atoms with Crippen LogP contribution in [0.5, 0.6) is 0 Å². The van der Waals surface area contributed by atoms with Crippen molar-refractivity contribution >= 4 is 87.8 Å². The van der Waals surface area contributed by atoms with Crippen LogP contribution in [-0.2, 0) is 0 Å². The van der Waals surface area contributed by atoms with Crippen molar-refractivity contribution in [2.24, 2.45) is 0 Å². The number of hydrogen-bond donors (Lipinski definition) is 2. The predicted octanol–water partition coefficient (Wildman–Crippen LogP) is 20.2. The second-order valence-electron chi connectivity index (χ2n) is 19.4. The van der Waals surface area contributed by atoms with Crippen LogP contribution in [0.15, 0.2) is 261 Å². The van der Waals surface area contributed by atoms with Crippen molar-refractivity contribution in [3.05, 3.63) is 273 Å². The number of fused-ring (bicyclic) bond motifs is 8. The molecule has 0 saturated carbocycles. The Morgan fingerprint density at radius 1 is 0.378 bits per heavy atom. The molecule has 2 heteroatoms. The van der Waals surface area contributed by atoms with Gasteiger partial charge in [-0.2, -0.15) is 0 Å². The molecule has 13 rings (SSSR count). The smallest absolute Gasteiger partial charge is 0.0464 e. The fraction of sp³-hybridized carbons (Fsp3) is 0.0139. The van der Waals surface area contributed by atoms with Gasteiger partial charge in [-0.25, -0.2) is 0 Å². The summed E-state index contributed by atoms with van der Waals surface area (Å²) in [7, 11) is 0. The first kappa shape index (κ1) is 44.3. The minimum absolute atomic E-state index is 0.829. The average molecular weight is 943 g/mol. The van der Waals surface area contributed by atoms with Crippen LogP contribution in [0.2, 0.25) is 0 Å². The van der Waals surface area contributed by atoms with Crippen molar-refractivity contribution in [1.29, 1.82) is 5.41 Å². The first-order valence-electron chi connectivity index (χ1n) is 25.3. The van der Waals surface area contributed by atoms with Gasteiger partial charge in [0.25, 0.3) is 0 Å². The monoisotopic (exact) mass is 942 g/mol. The van der Waals surface area contributed by atoms with E-state index in [2.05, 4.69) is 243 Å². The molecule has 13 aromatic carbocycles. The molecule has 348 valence electrons. The molecule has 74 heavy (non-hydrogen) atoms. The molecule has 0 aromatic heterocycles. The molecule has 0 aliphatic rings. The maximum atomic E-state index is 7.62. The van der Waals surface area contributed by atoms with E-state index in [0.29, 0.717) is 0 Å². The number of anilines is 2. The Labute approximate surface area is 431 Å². The molecule has 0 radical (unpaired) electrons. The third-order valence-electron chi connectivity index (χ3n) is 14.9. The van der Waals surface area contributed by atoms with Gasteiger partial charge in [0.2, 0.25) is 0 Å². The van der Waals surface area contributed by atoms with Crippen molar-refractivity contribution in [3.63, 3.8) is 0 Å². The van der Waals surface area contributed by atoms with Crippen LogP contribution in [0, 0.1) is 12.3 Å². The molecule has 0 aliphatic carbocycles. The first-order chi connectivity index (χ1) is 36.5. The summed E-state index contributed by atoms with van der Waals surface area (Å²) in [6.45, 7) is 6.57. The lowest BCUT2D eigenvalue weighted by molar-refractivity contribution is 1.45. The summed E-state index contributed by atoms with van der Waals surface area (Å²) < 4.78 is 0. The zero-order valence-electron chi connectivity index (χ0n) is 41.0. The van der Waals surface area contributed by atoms with Gasteiger partial charge in [0.15, 0.2) is 0 Å². The van der Waals surface area contributed by atoms with E-state index < -0.39 is 0 Å². The van der Waals surface area contributed by atoms with Crippen molar-refractivity contribution < 1.29 is 0 Å². The van der Waals surface area contributed by atoms with E-state index >= 15 is 0 Å². The third kappa shape index (κ3) is 7.82. The number of aryl methyl sites for hydroxylation is 1. The quantitative estimate of drug-likeness (QED) is 0.0609. The van der Waals surface area contributed by atoms with Crippen molar-refractivity contribution in [2.75, 3.05) is 5.32 Å². The molecular weight excluding hydrogens is 893 g/mol. The van der Waals surface area contributed by atoms with Crippen LogP contribution in [0.4, 0.5) is 11.4 Å². The Hall–Kier alpha value is -9.63. The number of rotatable bonds is 10. The number of para-hydroxylation sites is 1. The van der Waals surface area contributed by atoms with Crippen molar-refractivity contribution in [2.45, 2.75) is 6.92 Å². The van der Waals surface area contributed by atoms with Crippen LogP contribution >= 0.6 is 0 Å². The molecule has 0 heterocycles. The molecule has 0 amide bonds. The van der Waals surface area contributed by atoms with Gasteiger partial charge in [0.05, 0.1) is 0 Å². The van der Waals surface area contributed by atoms with Crippen LogP contribution < -0.4 is 5.32 Å². The van der Waals surface area contributed by atoms with Gasteiger partial charge >= 0.3 is 0 Å². The van der Waals surface area contributed by atoms with Crippen molar-refractivity contribution in [1.82, 2.24) is 0 Å². The summed E-state index contributed by atoms with van der Waals surface area (Å²) in [6.07, 6.45) is 4.89. The Kier molecular flexibility index (Phi) is 11.1. The van der Waals surface area contributed by atoms with E-state index in [1.165, 1.54) is 104 Å². The predicted molar refractivity (Wildman–Crippen MR) is 320 cm³/mol. The lowest BCUT2D eigenvalue weighted by atomic mass is 9.81. The van der Waals surface area contributed by atoms with Gasteiger partial charge in [-0.1, -0.05) is 207 Å². The SMILES string of the molecule is C=C(/C=C\C=N)c1cc(-c2cc(C)cc(-c3ccc(-c4ccc5c(-c6cc7ccccc7c7ccccc67)c6ccccc6c(-c6cc7ccccc7c7ccccc67)c5c4)cc3)c2)ccc1Nc1ccccc1. The summed E-state index contributed by atoms with van der Waals surface area (Å²) in [5.41, 5.74) is 16.8. The van der Waals surface area contributed by atoms with Gasteiger partial charge in [-0.3, -0.25) is 0 Å². The summed E-state index contributed by atoms with van der Waals surface area (Å²) in [5.74, 6) is 0. The molecule has 0 aliphatic heterocycles. The number of benzene rings is 13. The Balaban J connectivity index is 0.973. The topological polar surface area (TPSA) is 35.9 Å². The summed E-state index contributed by atoms with van der Waals surface area (Å²) in [4.78, 5) is 0. The molecule has 0 spiro atoms. The summed E-state index contributed by atoms with van der Waals surface area (Å²) >= 11 is 0. The maximum absolute atomic E-state index is 7.62. The molecule has 0 bridgehead atoms. The molecule has 0 atom stereocenters. The number of hydrogen-bond acceptors (Lipinski definition) is 2. The number of allylic oxidation sites excluding steroid dienone is 3. The highest BCUT2D eigenvalue weighted by molar-refractivity contribution is 6.28. The van der Waals surface area contributed by atoms with Crippen LogP contribution in [-0.4, -0.2) is 6.21 Å². The van der Waals surface area contributed by atoms with E-state index in [1.54, 1.807) is 6.08 Å². The normalized spacial score (nSPS) is 11.6. The molecular formula is C72H50N2. The standard InChI is InChI=1S/C72H50N2/c1-46-39-54(41-55(40-46)51-35-37-70(74-56-20-4-3-5-21-56)66(42-51)47(2)17-16-38-73)49-32-30-48(31-33-49)50-34-36-65-69(43-50)72(68-45-53-19-7-9-23-58(53)60-25-11-13-27-62(60)68)64-29-15-14-28-63(64)71(65)67-44-52-18-6-8-22-57(52)59-24-10-12-26-61(59)67/h3-45,73-74H,2H2,1H3/b17-16-,73-38?. The van der Waals surface area contributed by atoms with E-state index in [-0.39, 0.29) is 0 Å². The van der Waals surface area contributed by atoms with E-state index in [4.69, 9.17) is 5.41 Å². The van der Waals surface area contributed by atoms with E-state index in [1.807, 2.05) is 24.3 Å². The molecule has 2 N–H and O–H groups in total. The largest absolute Gasteiger partial charge is 0.355 e. The molecule has 0 saturated heterocycles. The molecule has 13 aromatic rings. The highest BCUT2D eigenvalue weighted by atomic mass is 14.9. The highest BCUT2D eigenvalue weighted by Gasteiger charge is 2.22. The average Bonchev–Trinajstić information content (AvgIpc) is 3.51. The fourth-order valence-electron chi connectivity index (χ4n) is 11.5. The zero-order valence-corrected chi connectivity index (χ0v) is 41.0. The molecule has 0 unspecified atom stereocenters. The molecule has 2 nitrogen and oxygen atoms in total. The summed E-state index contributed by atoms with van der Waals surface area (Å²) in [5, 5.41) is 26.1. The van der Waals surface area contributed by atoms with Crippen LogP contribution in [0.1, 0.15) is 11.1 Å². The number of nitrogens with one attached hydrogen (secondary N) is 2. The molecule has 0 fully saturated rings. The third-order valence-corrected chi connectivity index (χ3v) is 14.9. The van der Waals surface area contributed by atoms with Gasteiger partial charge in [-0.05, 0) is 193 Å². The van der Waals surface area contributed by atoms with Gasteiger partial charge in [0.1, 0.15) is 0 Å². The van der Waals surface area contributed by atoms with Crippen LogP contribution in [0.25, 0.3) is 126 Å². The first-order valence-corrected chi connectivity index (χ1v) is 25.3. The van der Waals surface area contributed by atoms with Gasteiger partial charge in [-0.15, -0.1) is 0 Å². The second kappa shape index (κ2) is 18.5. The second-order valence-corrected chi connectivity index (χ2v) is 19.4. The lowest BCUT2D eigenvalue weighted by Crippen LogP contribution is -1.96. The Bertz CT molecular complexity index is 4430. The van der Waals surface area contributed by atoms with Gasteiger partial charge in [0, 0.05) is 23.2 Å². The minimum atomic E-state index is 0.829. The lowest BCUT2D eigenvalue weighted by Gasteiger charge is -2.21. The highest BCUT2D eigenvalue weighted by Crippen LogP contribution is 2.49. The Morgan fingerprint density at radius 3 is 1.42 bits per heavy atom. The summed E-state index contributed by atoms with van der Waals surface area (Å²) in [6, 6.07) is 89.1. The zero-order chi connectivity index (χ0) is 49.7. The van der Waals surface area contributed by atoms with E-state index in [0.717, 1.165) is 50.3 Å². The maximum Gasteiger partial charge on any atom is 0.0464 e. The van der Waals surface area contributed by atoms with Gasteiger partial charge < -0.3 is 10.7 Å². The Morgan fingerprint density at radius 2 is 0.824 bits per heavy atom. The van der Waals surface area contributed by atoms with Crippen molar-refractivity contribution in [3.8, 4) is 55.6 Å². The fourth-order valence-corrected chi connectivity index (χ4v) is 11.5. The minimum Gasteiger partial charge on any atom is -0.355 e.